The number of rotatable bonds is 5. The van der Waals surface area contributed by atoms with Crippen LogP contribution in [0.5, 0.6) is 5.75 Å². The van der Waals surface area contributed by atoms with E-state index < -0.39 is 12.5 Å². The van der Waals surface area contributed by atoms with Crippen LogP contribution in [0.25, 0.3) is 0 Å². The van der Waals surface area contributed by atoms with Crippen molar-refractivity contribution in [2.24, 2.45) is 0 Å². The molecule has 0 amide bonds. The standard InChI is InChI=1S/C9H12NO5P/c1-2-7-16(13,14)15-9-5-3-8(4-6-9)10(11)12/h3-6H,2,7H2,1H3,(H,13,14). The Bertz CT molecular complexity index is 416. The van der Waals surface area contributed by atoms with Crippen LogP contribution < -0.4 is 4.52 Å². The maximum absolute atomic E-state index is 11.4. The van der Waals surface area contributed by atoms with Gasteiger partial charge in [-0.3, -0.25) is 10.1 Å². The maximum Gasteiger partial charge on any atom is 0.376 e. The monoisotopic (exact) mass is 245 g/mol. The largest absolute Gasteiger partial charge is 0.424 e. The first-order valence-corrected chi connectivity index (χ1v) is 6.47. The second kappa shape index (κ2) is 5.09. The minimum Gasteiger partial charge on any atom is -0.424 e. The molecule has 0 aliphatic rings. The molecule has 0 heterocycles. The Balaban J connectivity index is 2.76. The molecule has 1 rings (SSSR count). The Kier molecular flexibility index (Phi) is 4.04. The van der Waals surface area contributed by atoms with Crippen molar-refractivity contribution in [1.29, 1.82) is 0 Å². The third-order valence-corrected chi connectivity index (χ3v) is 3.31. The zero-order valence-corrected chi connectivity index (χ0v) is 9.59. The summed E-state index contributed by atoms with van der Waals surface area (Å²) >= 11 is 0. The van der Waals surface area contributed by atoms with Gasteiger partial charge in [0.1, 0.15) is 5.75 Å². The van der Waals surface area contributed by atoms with Crippen LogP contribution in [0.15, 0.2) is 24.3 Å². The van der Waals surface area contributed by atoms with Gasteiger partial charge in [0.15, 0.2) is 0 Å². The third kappa shape index (κ3) is 3.64. The Hall–Kier alpha value is -1.39. The molecule has 88 valence electrons. The molecule has 0 aliphatic carbocycles. The summed E-state index contributed by atoms with van der Waals surface area (Å²) in [6, 6.07) is 5.05. The highest BCUT2D eigenvalue weighted by Crippen LogP contribution is 2.43. The first-order chi connectivity index (χ1) is 7.44. The Morgan fingerprint density at radius 1 is 1.44 bits per heavy atom. The van der Waals surface area contributed by atoms with Crippen molar-refractivity contribution in [2.45, 2.75) is 13.3 Å². The lowest BCUT2D eigenvalue weighted by atomic mass is 10.3. The van der Waals surface area contributed by atoms with Crippen LogP contribution in [-0.2, 0) is 4.57 Å². The average molecular weight is 245 g/mol. The van der Waals surface area contributed by atoms with Crippen LogP contribution in [-0.4, -0.2) is 16.0 Å². The molecule has 0 bridgehead atoms. The normalized spacial score (nSPS) is 14.1. The number of nitro groups is 1. The first kappa shape index (κ1) is 12.7. The molecule has 0 aromatic heterocycles. The molecule has 1 aromatic carbocycles. The predicted molar refractivity (Wildman–Crippen MR) is 58.7 cm³/mol. The van der Waals surface area contributed by atoms with E-state index in [2.05, 4.69) is 0 Å². The van der Waals surface area contributed by atoms with E-state index in [1.165, 1.54) is 24.3 Å². The average Bonchev–Trinajstić information content (AvgIpc) is 2.17. The van der Waals surface area contributed by atoms with E-state index in [4.69, 9.17) is 4.52 Å². The first-order valence-electron chi connectivity index (χ1n) is 4.70. The second-order valence-corrected chi connectivity index (χ2v) is 5.11. The lowest BCUT2D eigenvalue weighted by Crippen LogP contribution is -1.96. The topological polar surface area (TPSA) is 89.7 Å². The van der Waals surface area contributed by atoms with E-state index >= 15 is 0 Å². The predicted octanol–water partition coefficient (Wildman–Crippen LogP) is 2.57. The van der Waals surface area contributed by atoms with Crippen LogP contribution in [0.4, 0.5) is 5.69 Å². The van der Waals surface area contributed by atoms with Crippen molar-refractivity contribution >= 4 is 13.3 Å². The van der Waals surface area contributed by atoms with E-state index in [0.29, 0.717) is 6.42 Å². The van der Waals surface area contributed by atoms with Crippen LogP contribution >= 0.6 is 7.60 Å². The van der Waals surface area contributed by atoms with Crippen molar-refractivity contribution in [1.82, 2.24) is 0 Å². The maximum atomic E-state index is 11.4. The summed E-state index contributed by atoms with van der Waals surface area (Å²) in [5.41, 5.74) is -0.0874. The summed E-state index contributed by atoms with van der Waals surface area (Å²) < 4.78 is 16.3. The molecule has 1 atom stereocenters. The van der Waals surface area contributed by atoms with Crippen molar-refractivity contribution in [3.63, 3.8) is 0 Å². The fourth-order valence-corrected chi connectivity index (χ4v) is 2.23. The second-order valence-electron chi connectivity index (χ2n) is 3.20. The van der Waals surface area contributed by atoms with Gasteiger partial charge in [-0.25, -0.2) is 4.57 Å². The summed E-state index contributed by atoms with van der Waals surface area (Å²) in [6.45, 7) is 1.77. The molecule has 0 fully saturated rings. The Morgan fingerprint density at radius 2 is 2.00 bits per heavy atom. The summed E-state index contributed by atoms with van der Waals surface area (Å²) in [5, 5.41) is 10.4. The number of hydrogen-bond donors (Lipinski definition) is 1. The van der Waals surface area contributed by atoms with Gasteiger partial charge in [0, 0.05) is 12.1 Å². The highest BCUT2D eigenvalue weighted by Gasteiger charge is 2.19. The van der Waals surface area contributed by atoms with Crippen molar-refractivity contribution in [3.05, 3.63) is 34.4 Å². The summed E-state index contributed by atoms with van der Waals surface area (Å²) in [4.78, 5) is 19.2. The smallest absolute Gasteiger partial charge is 0.376 e. The van der Waals surface area contributed by atoms with Gasteiger partial charge in [-0.05, 0) is 18.6 Å². The Morgan fingerprint density at radius 3 is 2.44 bits per heavy atom. The van der Waals surface area contributed by atoms with Crippen LogP contribution in [0.3, 0.4) is 0 Å². The molecule has 1 unspecified atom stereocenters. The number of hydrogen-bond acceptors (Lipinski definition) is 4. The number of nitrogens with zero attached hydrogens (tertiary/aromatic N) is 1. The van der Waals surface area contributed by atoms with E-state index in [1.807, 2.05) is 0 Å². The van der Waals surface area contributed by atoms with Gasteiger partial charge >= 0.3 is 7.60 Å². The SMILES string of the molecule is CCCP(=O)(O)Oc1ccc([N+](=O)[O-])cc1. The minimum atomic E-state index is -3.62. The molecule has 6 nitrogen and oxygen atoms in total. The molecule has 1 aromatic rings. The number of non-ortho nitro benzene ring substituents is 1. The lowest BCUT2D eigenvalue weighted by molar-refractivity contribution is -0.384. The summed E-state index contributed by atoms with van der Waals surface area (Å²) in [7, 11) is -3.62. The van der Waals surface area contributed by atoms with E-state index in [-0.39, 0.29) is 17.6 Å². The molecular weight excluding hydrogens is 233 g/mol. The highest BCUT2D eigenvalue weighted by molar-refractivity contribution is 7.53. The molecule has 16 heavy (non-hydrogen) atoms. The van der Waals surface area contributed by atoms with Gasteiger partial charge in [-0.1, -0.05) is 6.92 Å². The quantitative estimate of drug-likeness (QED) is 0.489. The summed E-state index contributed by atoms with van der Waals surface area (Å²) in [5.74, 6) is 0.157. The zero-order valence-electron chi connectivity index (χ0n) is 8.70. The Labute approximate surface area is 92.5 Å². The van der Waals surface area contributed by atoms with Gasteiger partial charge in [-0.2, -0.15) is 0 Å². The number of nitro benzene ring substituents is 1. The lowest BCUT2D eigenvalue weighted by Gasteiger charge is -2.11. The molecule has 0 saturated carbocycles. The van der Waals surface area contributed by atoms with Crippen LogP contribution in [0.2, 0.25) is 0 Å². The van der Waals surface area contributed by atoms with Crippen molar-refractivity contribution in [3.8, 4) is 5.75 Å². The fraction of sp³-hybridized carbons (Fsp3) is 0.333. The molecule has 0 spiro atoms. The molecule has 0 radical (unpaired) electrons. The highest BCUT2D eigenvalue weighted by atomic mass is 31.2. The molecule has 0 aliphatic heterocycles. The number of benzene rings is 1. The van der Waals surface area contributed by atoms with E-state index in [1.54, 1.807) is 6.92 Å². The van der Waals surface area contributed by atoms with Crippen LogP contribution in [0.1, 0.15) is 13.3 Å². The minimum absolute atomic E-state index is 0.0595. The third-order valence-electron chi connectivity index (χ3n) is 1.80. The van der Waals surface area contributed by atoms with Crippen LogP contribution in [0, 0.1) is 10.1 Å². The van der Waals surface area contributed by atoms with Gasteiger partial charge < -0.3 is 9.42 Å². The molecular formula is C9H12NO5P. The van der Waals surface area contributed by atoms with Crippen molar-refractivity contribution in [2.75, 3.05) is 6.16 Å². The van der Waals surface area contributed by atoms with Gasteiger partial charge in [-0.15, -0.1) is 0 Å². The zero-order chi connectivity index (χ0) is 12.2. The fourth-order valence-electron chi connectivity index (χ4n) is 1.12. The van der Waals surface area contributed by atoms with E-state index in [0.717, 1.165) is 0 Å². The molecule has 0 saturated heterocycles. The van der Waals surface area contributed by atoms with Gasteiger partial charge in [0.05, 0.1) is 11.1 Å². The van der Waals surface area contributed by atoms with Crippen molar-refractivity contribution < 1.29 is 18.9 Å². The van der Waals surface area contributed by atoms with Gasteiger partial charge in [0.2, 0.25) is 0 Å². The molecule has 7 heteroatoms. The summed E-state index contributed by atoms with van der Waals surface area (Å²) in [6.07, 6.45) is 0.588. The molecule has 1 N–H and O–H groups in total. The van der Waals surface area contributed by atoms with Gasteiger partial charge in [0.25, 0.3) is 5.69 Å². The van der Waals surface area contributed by atoms with E-state index in [9.17, 15) is 19.6 Å².